The average molecular weight is 327 g/mol. The lowest BCUT2D eigenvalue weighted by Crippen LogP contribution is -2.50. The Hall–Kier alpha value is -1.16. The molecule has 1 aliphatic heterocycles. The van der Waals surface area contributed by atoms with E-state index in [1.807, 2.05) is 30.3 Å². The quantitative estimate of drug-likeness (QED) is 0.505. The van der Waals surface area contributed by atoms with Crippen LogP contribution in [0.4, 0.5) is 0 Å². The van der Waals surface area contributed by atoms with Gasteiger partial charge in [0.2, 0.25) is 0 Å². The Balaban J connectivity index is 1.58. The third-order valence-corrected chi connectivity index (χ3v) is 6.70. The van der Waals surface area contributed by atoms with Gasteiger partial charge in [0.15, 0.2) is 0 Å². The average Bonchev–Trinajstić information content (AvgIpc) is 3.25. The highest BCUT2D eigenvalue weighted by Crippen LogP contribution is 2.52. The van der Waals surface area contributed by atoms with Crippen molar-refractivity contribution in [3.8, 4) is 0 Å². The van der Waals surface area contributed by atoms with Crippen LogP contribution in [0.15, 0.2) is 42.5 Å². The molecular weight excluding hydrogens is 298 g/mol. The zero-order valence-corrected chi connectivity index (χ0v) is 14.4. The van der Waals surface area contributed by atoms with Crippen molar-refractivity contribution in [2.45, 2.75) is 44.1 Å². The molecular formula is C21H29NO2. The van der Waals surface area contributed by atoms with Crippen molar-refractivity contribution in [1.29, 1.82) is 0 Å². The molecule has 0 spiro atoms. The van der Waals surface area contributed by atoms with Gasteiger partial charge in [0, 0.05) is 6.42 Å². The van der Waals surface area contributed by atoms with Crippen LogP contribution >= 0.6 is 0 Å². The van der Waals surface area contributed by atoms with Gasteiger partial charge in [-0.25, -0.2) is 0 Å². The minimum absolute atomic E-state index is 0.105. The maximum atomic E-state index is 13.0. The molecule has 2 aliphatic carbocycles. The number of benzene rings is 1. The molecule has 0 radical (unpaired) electrons. The van der Waals surface area contributed by atoms with Crippen LogP contribution in [-0.4, -0.2) is 29.4 Å². The van der Waals surface area contributed by atoms with E-state index < -0.39 is 5.60 Å². The molecule has 1 saturated carbocycles. The van der Waals surface area contributed by atoms with Gasteiger partial charge in [-0.05, 0) is 55.4 Å². The van der Waals surface area contributed by atoms with E-state index in [9.17, 15) is 10.3 Å². The number of nitrogens with zero attached hydrogens (tertiary/aromatic N) is 1. The Morgan fingerprint density at radius 3 is 2.42 bits per heavy atom. The second-order valence-electron chi connectivity index (χ2n) is 8.22. The van der Waals surface area contributed by atoms with E-state index in [1.54, 1.807) is 0 Å². The summed E-state index contributed by atoms with van der Waals surface area (Å²) in [5.41, 5.74) is 0.137. The summed E-state index contributed by atoms with van der Waals surface area (Å²) >= 11 is 0. The summed E-state index contributed by atoms with van der Waals surface area (Å²) in [4.78, 5) is 0. The van der Waals surface area contributed by atoms with Gasteiger partial charge in [-0.3, -0.25) is 0 Å². The number of hydroxylamine groups is 3. The molecule has 0 aromatic heterocycles. The molecule has 1 heterocycles. The SMILES string of the molecule is [O-][N+]1(CC[C@](O)(c2ccccc2)[C@H]2C[C@@H]3C=C[C@H]2C3)CCCCC1. The highest BCUT2D eigenvalue weighted by molar-refractivity contribution is 5.26. The zero-order chi connectivity index (χ0) is 16.6. The smallest absolute Gasteiger partial charge is 0.0984 e. The van der Waals surface area contributed by atoms with E-state index in [-0.39, 0.29) is 10.6 Å². The fourth-order valence-corrected chi connectivity index (χ4v) is 5.29. The molecule has 2 fully saturated rings. The Kier molecular flexibility index (Phi) is 4.27. The number of allylic oxidation sites excluding steroid dienone is 2. The second kappa shape index (κ2) is 6.29. The first-order chi connectivity index (χ1) is 11.6. The number of rotatable bonds is 5. The number of hydrogen-bond acceptors (Lipinski definition) is 2. The summed E-state index contributed by atoms with van der Waals surface area (Å²) in [6.45, 7) is 1.99. The number of likely N-dealkylation sites (tertiary alicyclic amines) is 1. The summed E-state index contributed by atoms with van der Waals surface area (Å²) in [6.07, 6.45) is 10.7. The van der Waals surface area contributed by atoms with Crippen molar-refractivity contribution in [3.05, 3.63) is 53.3 Å². The van der Waals surface area contributed by atoms with Crippen LogP contribution < -0.4 is 0 Å². The van der Waals surface area contributed by atoms with Gasteiger partial charge >= 0.3 is 0 Å². The van der Waals surface area contributed by atoms with Gasteiger partial charge in [-0.15, -0.1) is 0 Å². The molecule has 24 heavy (non-hydrogen) atoms. The minimum Gasteiger partial charge on any atom is -0.633 e. The van der Waals surface area contributed by atoms with E-state index in [0.29, 0.717) is 24.8 Å². The lowest BCUT2D eigenvalue weighted by molar-refractivity contribution is -0.886. The fraction of sp³-hybridized carbons (Fsp3) is 0.619. The molecule has 3 aliphatic rings. The van der Waals surface area contributed by atoms with Crippen molar-refractivity contribution in [1.82, 2.24) is 0 Å². The first-order valence-corrected chi connectivity index (χ1v) is 9.62. The van der Waals surface area contributed by atoms with Crippen LogP contribution in [0, 0.1) is 23.0 Å². The first kappa shape index (κ1) is 16.3. The summed E-state index contributed by atoms with van der Waals surface area (Å²) in [5.74, 6) is 1.36. The molecule has 3 heteroatoms. The summed E-state index contributed by atoms with van der Waals surface area (Å²) < 4.78 is -0.105. The van der Waals surface area contributed by atoms with E-state index >= 15 is 0 Å². The Bertz CT molecular complexity index is 593. The van der Waals surface area contributed by atoms with Crippen LogP contribution in [0.1, 0.15) is 44.1 Å². The Labute approximate surface area is 145 Å². The minimum atomic E-state index is -0.863. The number of fused-ring (bicyclic) bond motifs is 2. The summed E-state index contributed by atoms with van der Waals surface area (Å²) in [7, 11) is 0. The molecule has 130 valence electrons. The lowest BCUT2D eigenvalue weighted by atomic mass is 9.72. The third-order valence-electron chi connectivity index (χ3n) is 6.70. The van der Waals surface area contributed by atoms with Gasteiger partial charge in [-0.1, -0.05) is 42.5 Å². The summed E-state index contributed by atoms with van der Waals surface area (Å²) in [6, 6.07) is 10.1. The zero-order valence-electron chi connectivity index (χ0n) is 14.4. The standard InChI is InChI=1S/C21H29NO2/c23-21(19-7-3-1-4-8-19,20-16-17-9-10-18(20)15-17)11-14-22(24)12-5-2-6-13-22/h1,3-4,7-10,17-18,20,23H,2,5-6,11-16H2/t17-,18+,20+,21+/m1/s1. The predicted molar refractivity (Wildman–Crippen MR) is 95.9 cm³/mol. The maximum Gasteiger partial charge on any atom is 0.0984 e. The van der Waals surface area contributed by atoms with Gasteiger partial charge in [-0.2, -0.15) is 0 Å². The van der Waals surface area contributed by atoms with Crippen molar-refractivity contribution in [3.63, 3.8) is 0 Å². The van der Waals surface area contributed by atoms with E-state index in [2.05, 4.69) is 12.2 Å². The van der Waals surface area contributed by atoms with Crippen LogP contribution in [-0.2, 0) is 5.60 Å². The van der Waals surface area contributed by atoms with Crippen molar-refractivity contribution in [2.24, 2.45) is 17.8 Å². The number of hydrogen-bond donors (Lipinski definition) is 1. The van der Waals surface area contributed by atoms with Crippen molar-refractivity contribution in [2.75, 3.05) is 19.6 Å². The molecule has 4 atom stereocenters. The maximum absolute atomic E-state index is 13.0. The second-order valence-corrected chi connectivity index (χ2v) is 8.22. The number of aliphatic hydroxyl groups is 1. The number of piperidine rings is 1. The molecule has 4 rings (SSSR count). The molecule has 0 amide bonds. The first-order valence-electron chi connectivity index (χ1n) is 9.62. The third kappa shape index (κ3) is 2.94. The molecule has 1 aromatic carbocycles. The van der Waals surface area contributed by atoms with E-state index in [4.69, 9.17) is 0 Å². The highest BCUT2D eigenvalue weighted by atomic mass is 16.5. The van der Waals surface area contributed by atoms with Gasteiger partial charge in [0.25, 0.3) is 0 Å². The molecule has 3 nitrogen and oxygen atoms in total. The molecule has 1 N–H and O–H groups in total. The van der Waals surface area contributed by atoms with Crippen molar-refractivity contribution >= 4 is 0 Å². The van der Waals surface area contributed by atoms with E-state index in [0.717, 1.165) is 37.9 Å². The van der Waals surface area contributed by atoms with Crippen LogP contribution in [0.2, 0.25) is 0 Å². The lowest BCUT2D eigenvalue weighted by Gasteiger charge is -2.48. The molecule has 1 saturated heterocycles. The molecule has 1 aromatic rings. The summed E-state index contributed by atoms with van der Waals surface area (Å²) in [5, 5.41) is 24.8. The van der Waals surface area contributed by atoms with Crippen LogP contribution in [0.5, 0.6) is 0 Å². The van der Waals surface area contributed by atoms with Crippen molar-refractivity contribution < 1.29 is 9.75 Å². The fourth-order valence-electron chi connectivity index (χ4n) is 5.29. The van der Waals surface area contributed by atoms with Gasteiger partial charge in [0.1, 0.15) is 0 Å². The number of quaternary nitrogens is 1. The molecule has 2 bridgehead atoms. The van der Waals surface area contributed by atoms with E-state index in [1.165, 1.54) is 12.8 Å². The normalized spacial score (nSPS) is 33.5. The Morgan fingerprint density at radius 2 is 1.79 bits per heavy atom. The largest absolute Gasteiger partial charge is 0.633 e. The molecule has 0 unspecified atom stereocenters. The topological polar surface area (TPSA) is 43.3 Å². The predicted octanol–water partition coefficient (Wildman–Crippen LogP) is 3.98. The van der Waals surface area contributed by atoms with Gasteiger partial charge < -0.3 is 15.0 Å². The monoisotopic (exact) mass is 327 g/mol. The van der Waals surface area contributed by atoms with Crippen LogP contribution in [0.3, 0.4) is 0 Å². The van der Waals surface area contributed by atoms with Crippen LogP contribution in [0.25, 0.3) is 0 Å². The Morgan fingerprint density at radius 1 is 1.04 bits per heavy atom. The van der Waals surface area contributed by atoms with Gasteiger partial charge in [0.05, 0.1) is 25.2 Å². The highest BCUT2D eigenvalue weighted by Gasteiger charge is 2.49.